The second kappa shape index (κ2) is 6.04. The van der Waals surface area contributed by atoms with Gasteiger partial charge < -0.3 is 19.7 Å². The number of nitrogens with one attached hydrogen (secondary N) is 1. The van der Waals surface area contributed by atoms with Crippen LogP contribution in [0.15, 0.2) is 18.2 Å². The minimum absolute atomic E-state index is 0.259. The Hall–Kier alpha value is -1.75. The van der Waals surface area contributed by atoms with Crippen molar-refractivity contribution in [3.05, 3.63) is 23.8 Å². The molecule has 2 saturated heterocycles. The first-order chi connectivity index (χ1) is 11.2. The minimum Gasteiger partial charge on any atom is -0.497 e. The number of carbonyl (C=O) groups excluding carboxylic acids is 1. The molecule has 23 heavy (non-hydrogen) atoms. The highest BCUT2D eigenvalue weighted by Crippen LogP contribution is 2.31. The second-order valence-corrected chi connectivity index (χ2v) is 6.81. The molecule has 3 aliphatic heterocycles. The van der Waals surface area contributed by atoms with Crippen LogP contribution in [0.2, 0.25) is 0 Å². The molecule has 5 heteroatoms. The maximum atomic E-state index is 12.2. The van der Waals surface area contributed by atoms with Crippen LogP contribution in [-0.2, 0) is 11.2 Å². The van der Waals surface area contributed by atoms with Crippen LogP contribution >= 0.6 is 0 Å². The van der Waals surface area contributed by atoms with Gasteiger partial charge in [0, 0.05) is 31.1 Å². The number of carbonyl (C=O) groups is 1. The molecular formula is C18H24N2O3. The fourth-order valence-corrected chi connectivity index (χ4v) is 4.20. The zero-order valence-corrected chi connectivity index (χ0v) is 13.6. The third-order valence-corrected chi connectivity index (χ3v) is 5.35. The highest BCUT2D eigenvalue weighted by molar-refractivity contribution is 5.80. The van der Waals surface area contributed by atoms with Gasteiger partial charge in [0.05, 0.1) is 7.11 Å². The van der Waals surface area contributed by atoms with Crippen molar-refractivity contribution in [1.29, 1.82) is 0 Å². The van der Waals surface area contributed by atoms with E-state index < -0.39 is 0 Å². The van der Waals surface area contributed by atoms with Gasteiger partial charge in [-0.05, 0) is 49.4 Å². The number of hydrogen-bond acceptors (Lipinski definition) is 4. The highest BCUT2D eigenvalue weighted by atomic mass is 16.5. The lowest BCUT2D eigenvalue weighted by Crippen LogP contribution is -2.51. The molecule has 5 nitrogen and oxygen atoms in total. The number of benzene rings is 1. The van der Waals surface area contributed by atoms with Crippen LogP contribution in [0.3, 0.4) is 0 Å². The van der Waals surface area contributed by atoms with Crippen LogP contribution in [0.1, 0.15) is 31.2 Å². The summed E-state index contributed by atoms with van der Waals surface area (Å²) in [5, 5.41) is 3.70. The predicted molar refractivity (Wildman–Crippen MR) is 86.9 cm³/mol. The van der Waals surface area contributed by atoms with Crippen LogP contribution in [-0.4, -0.2) is 49.2 Å². The van der Waals surface area contributed by atoms with E-state index in [1.54, 1.807) is 7.11 Å². The van der Waals surface area contributed by atoms with E-state index in [4.69, 9.17) is 9.47 Å². The Morgan fingerprint density at radius 1 is 1.30 bits per heavy atom. The summed E-state index contributed by atoms with van der Waals surface area (Å²) in [5.74, 6) is 2.12. The van der Waals surface area contributed by atoms with Gasteiger partial charge in [-0.15, -0.1) is 0 Å². The molecule has 0 aliphatic carbocycles. The number of ether oxygens (including phenoxy) is 2. The molecule has 1 aromatic carbocycles. The Labute approximate surface area is 136 Å². The van der Waals surface area contributed by atoms with Crippen LogP contribution in [0.25, 0.3) is 0 Å². The molecule has 0 saturated carbocycles. The first-order valence-electron chi connectivity index (χ1n) is 8.60. The average molecular weight is 316 g/mol. The Kier molecular flexibility index (Phi) is 3.89. The summed E-state index contributed by atoms with van der Waals surface area (Å²) in [6.07, 6.45) is 5.06. The lowest BCUT2D eigenvalue weighted by atomic mass is 9.96. The van der Waals surface area contributed by atoms with Gasteiger partial charge >= 0.3 is 0 Å². The normalized spacial score (nSPS) is 29.7. The van der Waals surface area contributed by atoms with Crippen molar-refractivity contribution in [2.45, 2.75) is 50.2 Å². The van der Waals surface area contributed by atoms with Crippen molar-refractivity contribution in [2.75, 3.05) is 20.3 Å². The van der Waals surface area contributed by atoms with Crippen LogP contribution < -0.4 is 14.8 Å². The van der Waals surface area contributed by atoms with E-state index in [0.717, 1.165) is 37.3 Å². The topological polar surface area (TPSA) is 50.8 Å². The van der Waals surface area contributed by atoms with E-state index in [0.29, 0.717) is 25.0 Å². The van der Waals surface area contributed by atoms with E-state index in [2.05, 4.69) is 16.3 Å². The van der Waals surface area contributed by atoms with E-state index in [1.165, 1.54) is 12.0 Å². The van der Waals surface area contributed by atoms with Gasteiger partial charge in [0.25, 0.3) is 0 Å². The molecule has 0 spiro atoms. The SMILES string of the molecule is COc1ccc2c(c1)C[C@H](N[C@H]1CC(=O)N3CCCC[C@@H]13)CO2. The Morgan fingerprint density at radius 3 is 3.09 bits per heavy atom. The van der Waals surface area contributed by atoms with E-state index in [-0.39, 0.29) is 12.1 Å². The summed E-state index contributed by atoms with van der Waals surface area (Å²) in [4.78, 5) is 14.3. The number of methoxy groups -OCH3 is 1. The summed E-state index contributed by atoms with van der Waals surface area (Å²) in [5.41, 5.74) is 1.18. The molecule has 2 fully saturated rings. The summed E-state index contributed by atoms with van der Waals surface area (Å²) in [7, 11) is 1.68. The summed E-state index contributed by atoms with van der Waals surface area (Å²) >= 11 is 0. The summed E-state index contributed by atoms with van der Waals surface area (Å²) in [6.45, 7) is 1.60. The van der Waals surface area contributed by atoms with Gasteiger partial charge in [-0.25, -0.2) is 0 Å². The quantitative estimate of drug-likeness (QED) is 0.923. The monoisotopic (exact) mass is 316 g/mol. The first kappa shape index (κ1) is 14.8. The Morgan fingerprint density at radius 2 is 2.22 bits per heavy atom. The molecule has 3 aliphatic rings. The number of nitrogens with zero attached hydrogens (tertiary/aromatic N) is 1. The summed E-state index contributed by atoms with van der Waals surface area (Å²) in [6, 6.07) is 6.87. The zero-order chi connectivity index (χ0) is 15.8. The van der Waals surface area contributed by atoms with Crippen LogP contribution in [0, 0.1) is 0 Å². The van der Waals surface area contributed by atoms with Gasteiger partial charge in [0.2, 0.25) is 5.91 Å². The molecule has 0 aromatic heterocycles. The zero-order valence-electron chi connectivity index (χ0n) is 13.6. The predicted octanol–water partition coefficient (Wildman–Crippen LogP) is 1.74. The molecular weight excluding hydrogens is 292 g/mol. The first-order valence-corrected chi connectivity index (χ1v) is 8.60. The Balaban J connectivity index is 1.44. The fourth-order valence-electron chi connectivity index (χ4n) is 4.20. The van der Waals surface area contributed by atoms with Gasteiger partial charge in [-0.2, -0.15) is 0 Å². The maximum absolute atomic E-state index is 12.2. The van der Waals surface area contributed by atoms with E-state index >= 15 is 0 Å². The third kappa shape index (κ3) is 2.78. The number of fused-ring (bicyclic) bond motifs is 2. The van der Waals surface area contributed by atoms with Crippen molar-refractivity contribution in [3.8, 4) is 11.5 Å². The lowest BCUT2D eigenvalue weighted by Gasteiger charge is -2.35. The molecule has 1 N–H and O–H groups in total. The number of piperidine rings is 1. The molecule has 3 heterocycles. The van der Waals surface area contributed by atoms with Crippen molar-refractivity contribution in [1.82, 2.24) is 10.2 Å². The lowest BCUT2D eigenvalue weighted by molar-refractivity contribution is -0.129. The third-order valence-electron chi connectivity index (χ3n) is 5.35. The van der Waals surface area contributed by atoms with Gasteiger partial charge in [0.15, 0.2) is 0 Å². The van der Waals surface area contributed by atoms with Gasteiger partial charge in [-0.1, -0.05) is 0 Å². The van der Waals surface area contributed by atoms with Crippen molar-refractivity contribution in [3.63, 3.8) is 0 Å². The largest absolute Gasteiger partial charge is 0.497 e. The fraction of sp³-hybridized carbons (Fsp3) is 0.611. The van der Waals surface area contributed by atoms with Crippen molar-refractivity contribution in [2.24, 2.45) is 0 Å². The van der Waals surface area contributed by atoms with Crippen molar-refractivity contribution >= 4 is 5.91 Å². The molecule has 1 amide bonds. The smallest absolute Gasteiger partial charge is 0.224 e. The van der Waals surface area contributed by atoms with Crippen LogP contribution in [0.5, 0.6) is 11.5 Å². The standard InChI is InChI=1S/C18H24N2O3/c1-22-14-5-6-17-12(9-14)8-13(11-23-17)19-15-10-18(21)20-7-3-2-4-16(15)20/h5-6,9,13,15-16,19H,2-4,7-8,10-11H2,1H3/t13-,15-,16-/m0/s1. The molecule has 124 valence electrons. The molecule has 0 radical (unpaired) electrons. The molecule has 1 aromatic rings. The van der Waals surface area contributed by atoms with Crippen LogP contribution in [0.4, 0.5) is 0 Å². The second-order valence-electron chi connectivity index (χ2n) is 6.81. The number of rotatable bonds is 3. The maximum Gasteiger partial charge on any atom is 0.224 e. The van der Waals surface area contributed by atoms with Gasteiger partial charge in [0.1, 0.15) is 18.1 Å². The summed E-state index contributed by atoms with van der Waals surface area (Å²) < 4.78 is 11.2. The van der Waals surface area contributed by atoms with E-state index in [9.17, 15) is 4.79 Å². The molecule has 0 bridgehead atoms. The van der Waals surface area contributed by atoms with Crippen molar-refractivity contribution < 1.29 is 14.3 Å². The number of hydrogen-bond donors (Lipinski definition) is 1. The molecule has 4 rings (SSSR count). The average Bonchev–Trinajstić information content (AvgIpc) is 2.90. The minimum atomic E-state index is 0.259. The van der Waals surface area contributed by atoms with Gasteiger partial charge in [-0.3, -0.25) is 4.79 Å². The molecule has 0 unspecified atom stereocenters. The number of amides is 1. The highest BCUT2D eigenvalue weighted by Gasteiger charge is 2.41. The van der Waals surface area contributed by atoms with E-state index in [1.807, 2.05) is 12.1 Å². The molecule has 3 atom stereocenters. The Bertz CT molecular complexity index is 604.